The first-order valence-electron chi connectivity index (χ1n) is 9.55. The summed E-state index contributed by atoms with van der Waals surface area (Å²) in [7, 11) is 3.42. The maximum atomic E-state index is 12.3. The van der Waals surface area contributed by atoms with E-state index in [9.17, 15) is 9.59 Å². The zero-order valence-electron chi connectivity index (χ0n) is 17.0. The number of carbonyl (C=O) groups is 2. The third kappa shape index (κ3) is 6.39. The maximum absolute atomic E-state index is 12.3. The number of amides is 2. The fourth-order valence-electron chi connectivity index (χ4n) is 2.75. The Morgan fingerprint density at radius 1 is 0.900 bits per heavy atom. The van der Waals surface area contributed by atoms with Crippen molar-refractivity contribution in [1.82, 2.24) is 4.90 Å². The van der Waals surface area contributed by atoms with E-state index in [0.717, 1.165) is 28.6 Å². The summed E-state index contributed by atoms with van der Waals surface area (Å²) in [6.07, 6.45) is 0.740. The molecule has 0 bridgehead atoms. The number of rotatable bonds is 7. The van der Waals surface area contributed by atoms with Crippen LogP contribution in [-0.2, 0) is 11.2 Å². The van der Waals surface area contributed by atoms with Crippen LogP contribution in [0.2, 0.25) is 0 Å². The Morgan fingerprint density at radius 3 is 2.27 bits per heavy atom. The van der Waals surface area contributed by atoms with Gasteiger partial charge in [-0.25, -0.2) is 0 Å². The standard InChI is InChI=1S/C24H24N2O3S/c1-26(2)24(28)30-21-14-12-20(13-15-21)25-23(27)17-29-22-11-7-6-10-19(22)16-18-8-4-3-5-9-18/h3-15H,16-17H2,1-2H3,(H,25,27). The van der Waals surface area contributed by atoms with E-state index < -0.39 is 0 Å². The van der Waals surface area contributed by atoms with Crippen molar-refractivity contribution in [3.05, 3.63) is 90.0 Å². The Labute approximate surface area is 181 Å². The average Bonchev–Trinajstić information content (AvgIpc) is 2.75. The van der Waals surface area contributed by atoms with Gasteiger partial charge in [-0.1, -0.05) is 48.5 Å². The number of para-hydroxylation sites is 1. The molecule has 3 aromatic carbocycles. The van der Waals surface area contributed by atoms with Gasteiger partial charge in [-0.2, -0.15) is 0 Å². The normalized spacial score (nSPS) is 10.3. The zero-order chi connectivity index (χ0) is 21.3. The van der Waals surface area contributed by atoms with E-state index in [1.54, 1.807) is 38.4 Å². The lowest BCUT2D eigenvalue weighted by molar-refractivity contribution is -0.118. The first-order valence-corrected chi connectivity index (χ1v) is 10.4. The Bertz CT molecular complexity index is 989. The highest BCUT2D eigenvalue weighted by Gasteiger charge is 2.09. The second kappa shape index (κ2) is 10.5. The van der Waals surface area contributed by atoms with Crippen LogP contribution in [0.4, 0.5) is 10.5 Å². The first kappa shape index (κ1) is 21.5. The average molecular weight is 421 g/mol. The molecule has 0 atom stereocenters. The van der Waals surface area contributed by atoms with Crippen LogP contribution in [0.3, 0.4) is 0 Å². The number of carbonyl (C=O) groups excluding carboxylic acids is 2. The summed E-state index contributed by atoms with van der Waals surface area (Å²) in [5.74, 6) is 0.458. The van der Waals surface area contributed by atoms with E-state index in [-0.39, 0.29) is 17.8 Å². The fourth-order valence-corrected chi connectivity index (χ4v) is 3.40. The van der Waals surface area contributed by atoms with Crippen molar-refractivity contribution in [1.29, 1.82) is 0 Å². The first-order chi connectivity index (χ1) is 14.5. The predicted octanol–water partition coefficient (Wildman–Crippen LogP) is 5.07. The van der Waals surface area contributed by atoms with Gasteiger partial charge in [0, 0.05) is 31.1 Å². The molecule has 6 heteroatoms. The highest BCUT2D eigenvalue weighted by molar-refractivity contribution is 8.13. The molecule has 0 spiro atoms. The summed E-state index contributed by atoms with van der Waals surface area (Å²) in [5, 5.41) is 2.77. The summed E-state index contributed by atoms with van der Waals surface area (Å²) >= 11 is 1.14. The second-order valence-corrected chi connectivity index (χ2v) is 7.92. The van der Waals surface area contributed by atoms with Crippen LogP contribution >= 0.6 is 11.8 Å². The van der Waals surface area contributed by atoms with Crippen LogP contribution in [0, 0.1) is 0 Å². The third-order valence-electron chi connectivity index (χ3n) is 4.28. The van der Waals surface area contributed by atoms with Gasteiger partial charge in [0.15, 0.2) is 6.61 Å². The predicted molar refractivity (Wildman–Crippen MR) is 121 cm³/mol. The Kier molecular flexibility index (Phi) is 7.51. The minimum Gasteiger partial charge on any atom is -0.483 e. The molecular formula is C24H24N2O3S. The second-order valence-electron chi connectivity index (χ2n) is 6.89. The summed E-state index contributed by atoms with van der Waals surface area (Å²) in [4.78, 5) is 26.4. The Balaban J connectivity index is 1.54. The smallest absolute Gasteiger partial charge is 0.285 e. The molecule has 2 amide bonds. The van der Waals surface area contributed by atoms with Gasteiger partial charge in [-0.3, -0.25) is 9.59 Å². The van der Waals surface area contributed by atoms with E-state index in [1.165, 1.54) is 10.5 Å². The lowest BCUT2D eigenvalue weighted by Crippen LogP contribution is -2.20. The van der Waals surface area contributed by atoms with Crippen molar-refractivity contribution in [2.75, 3.05) is 26.0 Å². The molecule has 0 fully saturated rings. The highest BCUT2D eigenvalue weighted by atomic mass is 32.2. The number of nitrogens with one attached hydrogen (secondary N) is 1. The number of hydrogen-bond acceptors (Lipinski definition) is 4. The third-order valence-corrected chi connectivity index (χ3v) is 5.32. The zero-order valence-corrected chi connectivity index (χ0v) is 17.8. The molecule has 0 aliphatic carbocycles. The monoisotopic (exact) mass is 420 g/mol. The van der Waals surface area contributed by atoms with Gasteiger partial charge in [0.2, 0.25) is 0 Å². The SMILES string of the molecule is CN(C)C(=O)Sc1ccc(NC(=O)COc2ccccc2Cc2ccccc2)cc1. The number of thioether (sulfide) groups is 1. The van der Waals surface area contributed by atoms with Crippen molar-refractivity contribution >= 4 is 28.6 Å². The minimum absolute atomic E-state index is 0.0469. The molecule has 5 nitrogen and oxygen atoms in total. The molecule has 1 N–H and O–H groups in total. The summed E-state index contributed by atoms with van der Waals surface area (Å²) in [6, 6.07) is 25.0. The largest absolute Gasteiger partial charge is 0.483 e. The van der Waals surface area contributed by atoms with Crippen molar-refractivity contribution < 1.29 is 14.3 Å². The molecule has 0 radical (unpaired) electrons. The molecule has 0 unspecified atom stereocenters. The molecule has 30 heavy (non-hydrogen) atoms. The van der Waals surface area contributed by atoms with Crippen molar-refractivity contribution in [3.63, 3.8) is 0 Å². The molecule has 3 rings (SSSR count). The molecule has 3 aromatic rings. The number of anilines is 1. The molecule has 0 heterocycles. The van der Waals surface area contributed by atoms with Crippen LogP contribution in [0.15, 0.2) is 83.8 Å². The van der Waals surface area contributed by atoms with Gasteiger partial charge in [-0.15, -0.1) is 0 Å². The van der Waals surface area contributed by atoms with Crippen LogP contribution in [-0.4, -0.2) is 36.7 Å². The molecule has 0 saturated carbocycles. The number of benzene rings is 3. The molecule has 0 aliphatic heterocycles. The van der Waals surface area contributed by atoms with E-state index in [4.69, 9.17) is 4.74 Å². The van der Waals surface area contributed by atoms with Gasteiger partial charge in [-0.05, 0) is 53.2 Å². The summed E-state index contributed by atoms with van der Waals surface area (Å²) in [6.45, 7) is -0.0819. The number of hydrogen-bond donors (Lipinski definition) is 1. The Morgan fingerprint density at radius 2 is 1.57 bits per heavy atom. The van der Waals surface area contributed by atoms with Crippen molar-refractivity contribution in [2.24, 2.45) is 0 Å². The summed E-state index contributed by atoms with van der Waals surface area (Å²) in [5.41, 5.74) is 2.87. The van der Waals surface area contributed by atoms with Crippen LogP contribution in [0.5, 0.6) is 5.75 Å². The van der Waals surface area contributed by atoms with E-state index in [0.29, 0.717) is 11.4 Å². The van der Waals surface area contributed by atoms with Crippen LogP contribution < -0.4 is 10.1 Å². The lowest BCUT2D eigenvalue weighted by Gasteiger charge is -2.12. The van der Waals surface area contributed by atoms with E-state index in [1.807, 2.05) is 42.5 Å². The lowest BCUT2D eigenvalue weighted by atomic mass is 10.0. The molecular weight excluding hydrogens is 396 g/mol. The topological polar surface area (TPSA) is 58.6 Å². The van der Waals surface area contributed by atoms with Crippen molar-refractivity contribution in [2.45, 2.75) is 11.3 Å². The molecule has 154 valence electrons. The minimum atomic E-state index is -0.241. The Hall–Kier alpha value is -3.25. The van der Waals surface area contributed by atoms with E-state index >= 15 is 0 Å². The van der Waals surface area contributed by atoms with E-state index in [2.05, 4.69) is 17.4 Å². The quantitative estimate of drug-likeness (QED) is 0.542. The van der Waals surface area contributed by atoms with Crippen LogP contribution in [0.1, 0.15) is 11.1 Å². The van der Waals surface area contributed by atoms with Gasteiger partial charge in [0.25, 0.3) is 11.1 Å². The van der Waals surface area contributed by atoms with Gasteiger partial charge >= 0.3 is 0 Å². The number of ether oxygens (including phenoxy) is 1. The van der Waals surface area contributed by atoms with Gasteiger partial charge < -0.3 is 15.0 Å². The molecule has 0 aliphatic rings. The highest BCUT2D eigenvalue weighted by Crippen LogP contribution is 2.23. The fraction of sp³-hybridized carbons (Fsp3) is 0.167. The van der Waals surface area contributed by atoms with Crippen LogP contribution in [0.25, 0.3) is 0 Å². The van der Waals surface area contributed by atoms with Crippen molar-refractivity contribution in [3.8, 4) is 5.75 Å². The van der Waals surface area contributed by atoms with Gasteiger partial charge in [0.05, 0.1) is 0 Å². The maximum Gasteiger partial charge on any atom is 0.285 e. The molecule has 0 aromatic heterocycles. The van der Waals surface area contributed by atoms with Gasteiger partial charge in [0.1, 0.15) is 5.75 Å². The summed E-state index contributed by atoms with van der Waals surface area (Å²) < 4.78 is 5.78. The number of nitrogens with zero attached hydrogens (tertiary/aromatic N) is 1. The molecule has 0 saturated heterocycles.